The second kappa shape index (κ2) is 13.5. The molecule has 0 saturated carbocycles. The topological polar surface area (TPSA) is 87.0 Å². The first-order valence-electron chi connectivity index (χ1n) is 11.8. The zero-order chi connectivity index (χ0) is 45.7. The fourth-order valence-corrected chi connectivity index (χ4v) is 3.77. The van der Waals surface area contributed by atoms with Crippen molar-refractivity contribution in [3.8, 4) is 0 Å². The number of hydrogen-bond acceptors (Lipinski definition) is 3. The lowest BCUT2D eigenvalue weighted by atomic mass is 9.81. The van der Waals surface area contributed by atoms with E-state index in [4.69, 9.17) is 14.9 Å². The van der Waals surface area contributed by atoms with Crippen LogP contribution >= 0.6 is 7.82 Å². The highest BCUT2D eigenvalue weighted by Gasteiger charge is 3.02. The molecule has 0 bridgehead atoms. The van der Waals surface area contributed by atoms with Gasteiger partial charge in [-0.3, -0.25) is 4.52 Å². The fourth-order valence-electron chi connectivity index (χ4n) is 3.40. The predicted octanol–water partition coefficient (Wildman–Crippen LogP) is 9.30. The molecule has 0 aliphatic carbocycles. The summed E-state index contributed by atoms with van der Waals surface area (Å²) in [6, 6.07) is 0. The summed E-state index contributed by atoms with van der Waals surface area (Å²) in [4.78, 5) is 16.4. The Morgan fingerprint density at radius 3 is 0.782 bits per heavy atom. The van der Waals surface area contributed by atoms with E-state index >= 15 is 0 Å². The van der Waals surface area contributed by atoms with Gasteiger partial charge in [-0.2, -0.15) is 132 Å². The predicted molar refractivity (Wildman–Crippen MR) is 104 cm³/mol. The van der Waals surface area contributed by atoms with Crippen LogP contribution in [-0.2, 0) is 9.09 Å². The van der Waals surface area contributed by atoms with E-state index in [0.717, 1.165) is 0 Å². The minimum Gasteiger partial charge on any atom is -0.390 e. The number of hydrogen-bond donors (Lipinski definition) is 3. The van der Waals surface area contributed by atoms with Gasteiger partial charge in [0.05, 0.1) is 12.7 Å². The van der Waals surface area contributed by atoms with Crippen LogP contribution in [0.2, 0.25) is 0 Å². The van der Waals surface area contributed by atoms with Crippen LogP contribution in [0.15, 0.2) is 0 Å². The lowest BCUT2D eigenvalue weighted by Crippen LogP contribution is -2.80. The van der Waals surface area contributed by atoms with E-state index in [2.05, 4.69) is 4.52 Å². The Morgan fingerprint density at radius 1 is 0.382 bits per heavy atom. The third kappa shape index (κ3) is 7.10. The summed E-state index contributed by atoms with van der Waals surface area (Å²) >= 11 is 0. The van der Waals surface area contributed by atoms with Gasteiger partial charge in [0.25, 0.3) is 0 Å². The molecular weight excluding hydrogens is 916 g/mol. The van der Waals surface area contributed by atoms with Gasteiger partial charge in [-0.25, -0.2) is 8.96 Å². The third-order valence-electron chi connectivity index (χ3n) is 6.54. The summed E-state index contributed by atoms with van der Waals surface area (Å²) in [6.07, 6.45) is -25.2. The molecule has 3 N–H and O–H groups in total. The van der Waals surface area contributed by atoms with Crippen LogP contribution in [0.3, 0.4) is 0 Å². The van der Waals surface area contributed by atoms with E-state index in [9.17, 15) is 141 Å². The van der Waals surface area contributed by atoms with Crippen LogP contribution in [0.4, 0.5) is 136 Å². The Morgan fingerprint density at radius 2 is 0.582 bits per heavy atom. The van der Waals surface area contributed by atoms with Gasteiger partial charge in [0, 0.05) is 6.42 Å². The van der Waals surface area contributed by atoms with Crippen molar-refractivity contribution < 1.29 is 160 Å². The molecule has 0 saturated heterocycles. The first-order chi connectivity index (χ1) is 23.1. The number of phosphoric acid groups is 1. The maximum Gasteiger partial charge on any atom is 0.469 e. The summed E-state index contributed by atoms with van der Waals surface area (Å²) < 4.78 is 434. The lowest BCUT2D eigenvalue weighted by molar-refractivity contribution is -0.491. The standard InChI is InChI=1S/C18H8F31O5P/c19-4(20,1-3(50)2-54-55(51,52)53)6(22,23)8(26,27)10(30,31)12(34,35)14(38,39)16(42,43)15(40,41)13(36,37)11(32,33)9(28,29)7(24,25)5(21,17(44,45)46)18(47,48)49/h3,50H,1-2H2,(H2,51,52,53). The minimum absolute atomic E-state index is 2.46. The van der Waals surface area contributed by atoms with E-state index in [1.165, 1.54) is 0 Å². The Balaban J connectivity index is 7.57. The van der Waals surface area contributed by atoms with E-state index in [-0.39, 0.29) is 0 Å². The van der Waals surface area contributed by atoms with Gasteiger partial charge in [0.15, 0.2) is 0 Å². The fraction of sp³-hybridized carbons (Fsp3) is 1.00. The van der Waals surface area contributed by atoms with Crippen LogP contribution in [-0.4, -0.2) is 117 Å². The zero-order valence-corrected chi connectivity index (χ0v) is 24.7. The molecule has 0 amide bonds. The smallest absolute Gasteiger partial charge is 0.390 e. The number of aliphatic hydroxyl groups excluding tert-OH is 1. The average molecular weight is 924 g/mol. The molecule has 1 atom stereocenters. The summed E-state index contributed by atoms with van der Waals surface area (Å²) in [5.74, 6) is -116. The van der Waals surface area contributed by atoms with Crippen molar-refractivity contribution in [2.24, 2.45) is 0 Å². The summed E-state index contributed by atoms with van der Waals surface area (Å²) in [5, 5.41) is 8.91. The molecule has 0 rings (SSSR count). The van der Waals surface area contributed by atoms with Crippen LogP contribution in [0, 0.1) is 0 Å². The lowest BCUT2D eigenvalue weighted by Gasteiger charge is -2.47. The molecule has 0 fully saturated rings. The highest BCUT2D eigenvalue weighted by Crippen LogP contribution is 2.70. The van der Waals surface area contributed by atoms with Gasteiger partial charge in [0.2, 0.25) is 0 Å². The molecule has 0 radical (unpaired) electrons. The number of rotatable bonds is 17. The van der Waals surface area contributed by atoms with Crippen LogP contribution < -0.4 is 0 Å². The Labute approximate surface area is 277 Å². The van der Waals surface area contributed by atoms with E-state index in [1.807, 2.05) is 0 Å². The van der Waals surface area contributed by atoms with Crippen molar-refractivity contribution in [3.63, 3.8) is 0 Å². The number of halogens is 31. The first kappa shape index (κ1) is 52.9. The summed E-state index contributed by atoms with van der Waals surface area (Å²) in [5.41, 5.74) is -9.41. The zero-order valence-electron chi connectivity index (χ0n) is 23.8. The molecule has 0 aromatic heterocycles. The monoisotopic (exact) mass is 924 g/mol. The molecule has 0 aromatic carbocycles. The molecule has 1 unspecified atom stereocenters. The molecule has 0 aliphatic rings. The van der Waals surface area contributed by atoms with Gasteiger partial charge < -0.3 is 14.9 Å². The average Bonchev–Trinajstić information content (AvgIpc) is 2.92. The Kier molecular flexibility index (Phi) is 13.0. The van der Waals surface area contributed by atoms with Crippen LogP contribution in [0.5, 0.6) is 0 Å². The van der Waals surface area contributed by atoms with Gasteiger partial charge in [-0.15, -0.1) is 0 Å². The molecule has 5 nitrogen and oxygen atoms in total. The van der Waals surface area contributed by atoms with Crippen LogP contribution in [0.1, 0.15) is 6.42 Å². The largest absolute Gasteiger partial charge is 0.469 e. The van der Waals surface area contributed by atoms with Crippen LogP contribution in [0.25, 0.3) is 0 Å². The molecule has 37 heteroatoms. The number of aliphatic hydroxyl groups is 1. The summed E-state index contributed by atoms with van der Waals surface area (Å²) in [6.45, 7) is -2.46. The quantitative estimate of drug-likeness (QED) is 0.100. The van der Waals surface area contributed by atoms with E-state index < -0.39 is 116 Å². The number of alkyl halides is 31. The van der Waals surface area contributed by atoms with Crippen molar-refractivity contribution in [1.82, 2.24) is 0 Å². The third-order valence-corrected chi connectivity index (χ3v) is 7.03. The second-order valence-electron chi connectivity index (χ2n) is 10.3. The maximum absolute atomic E-state index is 13.9. The summed E-state index contributed by atoms with van der Waals surface area (Å²) in [7, 11) is -5.98. The van der Waals surface area contributed by atoms with Gasteiger partial charge in [-0.05, 0) is 0 Å². The Hall–Kier alpha value is -2.10. The first-order valence-corrected chi connectivity index (χ1v) is 13.4. The number of phosphoric ester groups is 1. The molecule has 0 aromatic rings. The minimum atomic E-state index is -10.2. The highest BCUT2D eigenvalue weighted by molar-refractivity contribution is 7.46. The SMILES string of the molecule is O=P(O)(O)OCC(O)CC(F)(F)C(F)(F)C(F)(F)C(F)(F)C(F)(F)C(F)(F)C(F)(F)C(F)(F)C(F)(F)C(F)(F)C(F)(F)C(F)(F)C(F)(C(F)(F)F)C(F)(F)F. The second-order valence-corrected chi connectivity index (χ2v) is 11.6. The maximum atomic E-state index is 13.9. The van der Waals surface area contributed by atoms with Crippen molar-refractivity contribution >= 4 is 7.82 Å². The van der Waals surface area contributed by atoms with Crippen molar-refractivity contribution in [3.05, 3.63) is 0 Å². The Bertz CT molecular complexity index is 1410. The molecule has 0 spiro atoms. The molecule has 55 heavy (non-hydrogen) atoms. The van der Waals surface area contributed by atoms with Crippen molar-refractivity contribution in [2.45, 2.75) is 102 Å². The van der Waals surface area contributed by atoms with Crippen molar-refractivity contribution in [2.75, 3.05) is 6.61 Å². The van der Waals surface area contributed by atoms with E-state index in [0.29, 0.717) is 0 Å². The molecule has 0 aliphatic heterocycles. The molecule has 0 heterocycles. The van der Waals surface area contributed by atoms with Gasteiger partial charge in [0.1, 0.15) is 0 Å². The normalized spacial score (nSPS) is 17.5. The highest BCUT2D eigenvalue weighted by atomic mass is 31.2. The molecular formula is C18H8F31O5P. The molecule has 332 valence electrons. The van der Waals surface area contributed by atoms with Gasteiger partial charge in [-0.1, -0.05) is 0 Å². The van der Waals surface area contributed by atoms with E-state index in [1.54, 1.807) is 0 Å². The van der Waals surface area contributed by atoms with Gasteiger partial charge >= 0.3 is 96.9 Å². The van der Waals surface area contributed by atoms with Crippen molar-refractivity contribution in [1.29, 1.82) is 0 Å².